The highest BCUT2D eigenvalue weighted by molar-refractivity contribution is 5.42. The molecule has 0 spiro atoms. The molecule has 0 aliphatic heterocycles. The average molecular weight is 313 g/mol. The van der Waals surface area contributed by atoms with Crippen molar-refractivity contribution in [3.8, 4) is 0 Å². The van der Waals surface area contributed by atoms with Crippen LogP contribution in [0.2, 0.25) is 0 Å². The molecule has 1 aromatic carbocycles. The van der Waals surface area contributed by atoms with E-state index in [0.717, 1.165) is 44.0 Å². The zero-order valence-electron chi connectivity index (χ0n) is 14.3. The number of nitrogens with one attached hydrogen (secondary N) is 2. The summed E-state index contributed by atoms with van der Waals surface area (Å²) in [6.45, 7) is 4.79. The molecular weight excluding hydrogens is 286 g/mol. The molecule has 0 aliphatic carbocycles. The lowest BCUT2D eigenvalue weighted by molar-refractivity contribution is 0.405. The van der Waals surface area contributed by atoms with Gasteiger partial charge in [0.2, 0.25) is 5.95 Å². The van der Waals surface area contributed by atoms with Gasteiger partial charge in [0.1, 0.15) is 5.82 Å². The first kappa shape index (κ1) is 17.2. The third kappa shape index (κ3) is 6.65. The number of nitrogens with zero attached hydrogens (tertiary/aromatic N) is 3. The SMILES string of the molecule is Cc1cc(NCCc2ccccc2)nc(NCCCN(C)C)n1. The van der Waals surface area contributed by atoms with Gasteiger partial charge in [-0.05, 0) is 46.0 Å². The van der Waals surface area contributed by atoms with Gasteiger partial charge in [-0.1, -0.05) is 30.3 Å². The Balaban J connectivity index is 1.82. The number of hydrogen-bond acceptors (Lipinski definition) is 5. The van der Waals surface area contributed by atoms with Gasteiger partial charge < -0.3 is 15.5 Å². The molecule has 0 unspecified atom stereocenters. The van der Waals surface area contributed by atoms with E-state index >= 15 is 0 Å². The molecule has 2 N–H and O–H groups in total. The van der Waals surface area contributed by atoms with Crippen LogP contribution < -0.4 is 10.6 Å². The molecule has 0 aliphatic rings. The van der Waals surface area contributed by atoms with E-state index in [0.29, 0.717) is 5.95 Å². The summed E-state index contributed by atoms with van der Waals surface area (Å²) in [4.78, 5) is 11.2. The zero-order valence-corrected chi connectivity index (χ0v) is 14.3. The first-order valence-corrected chi connectivity index (χ1v) is 8.15. The van der Waals surface area contributed by atoms with Gasteiger partial charge in [0.05, 0.1) is 0 Å². The second-order valence-electron chi connectivity index (χ2n) is 5.96. The van der Waals surface area contributed by atoms with Gasteiger partial charge in [-0.25, -0.2) is 4.98 Å². The molecule has 0 saturated carbocycles. The summed E-state index contributed by atoms with van der Waals surface area (Å²) in [5.74, 6) is 1.58. The molecule has 5 heteroatoms. The van der Waals surface area contributed by atoms with Gasteiger partial charge in [-0.3, -0.25) is 0 Å². The zero-order chi connectivity index (χ0) is 16.5. The predicted molar refractivity (Wildman–Crippen MR) is 97.1 cm³/mol. The van der Waals surface area contributed by atoms with Gasteiger partial charge in [0.15, 0.2) is 0 Å². The third-order valence-corrected chi connectivity index (χ3v) is 3.48. The van der Waals surface area contributed by atoms with Gasteiger partial charge in [-0.15, -0.1) is 0 Å². The summed E-state index contributed by atoms with van der Waals surface area (Å²) in [6.07, 6.45) is 2.05. The maximum absolute atomic E-state index is 4.53. The Morgan fingerprint density at radius 2 is 1.78 bits per heavy atom. The van der Waals surface area contributed by atoms with Gasteiger partial charge >= 0.3 is 0 Å². The Labute approximate surface area is 139 Å². The molecule has 1 aromatic heterocycles. The molecule has 1 heterocycles. The fraction of sp³-hybridized carbons (Fsp3) is 0.444. The standard InChI is InChI=1S/C18H27N5/c1-15-14-17(19-12-10-16-8-5-4-6-9-16)22-18(21-15)20-11-7-13-23(2)3/h4-6,8-9,14H,7,10-13H2,1-3H3,(H2,19,20,21,22). The van der Waals surface area contributed by atoms with Crippen LogP contribution in [0, 0.1) is 6.92 Å². The lowest BCUT2D eigenvalue weighted by Crippen LogP contribution is -2.17. The normalized spacial score (nSPS) is 10.8. The van der Waals surface area contributed by atoms with E-state index in [1.807, 2.05) is 19.1 Å². The minimum atomic E-state index is 0.700. The summed E-state index contributed by atoms with van der Waals surface area (Å²) < 4.78 is 0. The molecule has 0 amide bonds. The summed E-state index contributed by atoms with van der Waals surface area (Å²) in [6, 6.07) is 12.4. The average Bonchev–Trinajstić information content (AvgIpc) is 2.52. The Morgan fingerprint density at radius 3 is 2.52 bits per heavy atom. The number of benzene rings is 1. The minimum Gasteiger partial charge on any atom is -0.370 e. The van der Waals surface area contributed by atoms with Crippen molar-refractivity contribution in [2.24, 2.45) is 0 Å². The van der Waals surface area contributed by atoms with E-state index < -0.39 is 0 Å². The van der Waals surface area contributed by atoms with E-state index in [2.05, 4.69) is 63.9 Å². The molecule has 2 aromatic rings. The van der Waals surface area contributed by atoms with Gasteiger partial charge in [-0.2, -0.15) is 4.98 Å². The van der Waals surface area contributed by atoms with Crippen LogP contribution in [0.25, 0.3) is 0 Å². The third-order valence-electron chi connectivity index (χ3n) is 3.48. The van der Waals surface area contributed by atoms with Crippen molar-refractivity contribution in [1.82, 2.24) is 14.9 Å². The quantitative estimate of drug-likeness (QED) is 0.697. The first-order chi connectivity index (χ1) is 11.1. The predicted octanol–water partition coefficient (Wildman–Crippen LogP) is 2.80. The topological polar surface area (TPSA) is 53.1 Å². The van der Waals surface area contributed by atoms with Crippen molar-refractivity contribution in [2.45, 2.75) is 19.8 Å². The summed E-state index contributed by atoms with van der Waals surface area (Å²) in [5, 5.41) is 6.68. The van der Waals surface area contributed by atoms with E-state index in [4.69, 9.17) is 0 Å². The van der Waals surface area contributed by atoms with Gasteiger partial charge in [0.25, 0.3) is 0 Å². The Kier molecular flexibility index (Phi) is 6.81. The number of aryl methyl sites for hydroxylation is 1. The molecule has 0 fully saturated rings. The van der Waals surface area contributed by atoms with Crippen LogP contribution in [0.3, 0.4) is 0 Å². The fourth-order valence-electron chi connectivity index (χ4n) is 2.31. The van der Waals surface area contributed by atoms with E-state index in [1.54, 1.807) is 0 Å². The Hall–Kier alpha value is -2.14. The molecular formula is C18H27N5. The summed E-state index contributed by atoms with van der Waals surface area (Å²) >= 11 is 0. The number of rotatable bonds is 9. The van der Waals surface area contributed by atoms with Crippen LogP contribution in [0.15, 0.2) is 36.4 Å². The molecule has 5 nitrogen and oxygen atoms in total. The monoisotopic (exact) mass is 313 g/mol. The molecule has 0 bridgehead atoms. The molecule has 124 valence electrons. The molecule has 23 heavy (non-hydrogen) atoms. The Morgan fingerprint density at radius 1 is 1.00 bits per heavy atom. The molecule has 0 atom stereocenters. The highest BCUT2D eigenvalue weighted by Gasteiger charge is 2.02. The smallest absolute Gasteiger partial charge is 0.224 e. The fourth-order valence-corrected chi connectivity index (χ4v) is 2.31. The molecule has 0 saturated heterocycles. The maximum atomic E-state index is 4.53. The lowest BCUT2D eigenvalue weighted by Gasteiger charge is -2.11. The Bertz CT molecular complexity index is 583. The molecule has 0 radical (unpaired) electrons. The van der Waals surface area contributed by atoms with Gasteiger partial charge in [0, 0.05) is 24.8 Å². The number of aromatic nitrogens is 2. The number of hydrogen-bond donors (Lipinski definition) is 2. The highest BCUT2D eigenvalue weighted by atomic mass is 15.1. The number of anilines is 2. The van der Waals surface area contributed by atoms with Crippen molar-refractivity contribution >= 4 is 11.8 Å². The van der Waals surface area contributed by atoms with Crippen LogP contribution in [-0.4, -0.2) is 48.6 Å². The van der Waals surface area contributed by atoms with Crippen molar-refractivity contribution in [3.05, 3.63) is 47.7 Å². The first-order valence-electron chi connectivity index (χ1n) is 8.15. The van der Waals surface area contributed by atoms with Crippen LogP contribution in [0.4, 0.5) is 11.8 Å². The van der Waals surface area contributed by atoms with Crippen LogP contribution in [0.1, 0.15) is 17.7 Å². The minimum absolute atomic E-state index is 0.700. The molecule has 2 rings (SSSR count). The van der Waals surface area contributed by atoms with Crippen molar-refractivity contribution < 1.29 is 0 Å². The lowest BCUT2D eigenvalue weighted by atomic mass is 10.1. The van der Waals surface area contributed by atoms with E-state index in [9.17, 15) is 0 Å². The van der Waals surface area contributed by atoms with E-state index in [1.165, 1.54) is 5.56 Å². The summed E-state index contributed by atoms with van der Waals surface area (Å²) in [7, 11) is 4.16. The van der Waals surface area contributed by atoms with Crippen molar-refractivity contribution in [3.63, 3.8) is 0 Å². The second kappa shape index (κ2) is 9.10. The maximum Gasteiger partial charge on any atom is 0.224 e. The van der Waals surface area contributed by atoms with Crippen molar-refractivity contribution in [2.75, 3.05) is 44.4 Å². The van der Waals surface area contributed by atoms with Crippen LogP contribution in [-0.2, 0) is 6.42 Å². The summed E-state index contributed by atoms with van der Waals surface area (Å²) in [5.41, 5.74) is 2.30. The van der Waals surface area contributed by atoms with Crippen molar-refractivity contribution in [1.29, 1.82) is 0 Å². The second-order valence-corrected chi connectivity index (χ2v) is 5.96. The van der Waals surface area contributed by atoms with E-state index in [-0.39, 0.29) is 0 Å². The van der Waals surface area contributed by atoms with Crippen LogP contribution in [0.5, 0.6) is 0 Å². The van der Waals surface area contributed by atoms with Crippen LogP contribution >= 0.6 is 0 Å². The largest absolute Gasteiger partial charge is 0.370 e. The highest BCUT2D eigenvalue weighted by Crippen LogP contribution is 2.10.